The largest absolute Gasteiger partial charge is 0.466 e. The zero-order valence-corrected chi connectivity index (χ0v) is 42.1. The van der Waals surface area contributed by atoms with Crippen LogP contribution in [0.15, 0.2) is 0 Å². The quantitative estimate of drug-likeness (QED) is 0.0538. The summed E-state index contributed by atoms with van der Waals surface area (Å²) in [5, 5.41) is 0. The van der Waals surface area contributed by atoms with Gasteiger partial charge in [0.25, 0.3) is 0 Å². The fourth-order valence-corrected chi connectivity index (χ4v) is 5.36. The van der Waals surface area contributed by atoms with Gasteiger partial charge in [0.15, 0.2) is 0 Å². The average molecular weight is 845 g/mol. The minimum absolute atomic E-state index is 0.0706. The van der Waals surface area contributed by atoms with Crippen LogP contribution in [0.2, 0.25) is 0 Å². The first-order valence-corrected chi connectivity index (χ1v) is 24.6. The van der Waals surface area contributed by atoms with Gasteiger partial charge in [-0.25, -0.2) is 4.79 Å². The van der Waals surface area contributed by atoms with Crippen LogP contribution >= 0.6 is 0 Å². The van der Waals surface area contributed by atoms with Gasteiger partial charge >= 0.3 is 12.1 Å². The van der Waals surface area contributed by atoms with Gasteiger partial charge in [-0.15, -0.1) is 0 Å². The van der Waals surface area contributed by atoms with E-state index in [1.807, 2.05) is 41.7 Å². The van der Waals surface area contributed by atoms with Gasteiger partial charge in [0.1, 0.15) is 18.2 Å². The van der Waals surface area contributed by atoms with Crippen molar-refractivity contribution in [3.63, 3.8) is 0 Å². The van der Waals surface area contributed by atoms with Gasteiger partial charge in [-0.2, -0.15) is 0 Å². The molecule has 0 aromatic rings. The molecule has 2 unspecified atom stereocenters. The van der Waals surface area contributed by atoms with E-state index >= 15 is 0 Å². The number of ketones is 1. The highest BCUT2D eigenvalue weighted by molar-refractivity contribution is 5.79. The molecule has 9 heteroatoms. The van der Waals surface area contributed by atoms with E-state index in [0.29, 0.717) is 38.3 Å². The summed E-state index contributed by atoms with van der Waals surface area (Å²) in [4.78, 5) is 46.2. The number of unbranched alkanes of at least 4 members (excludes halogenated alkanes) is 15. The number of likely N-dealkylation sites (tertiary alicyclic amines) is 2. The molecule has 1 amide bonds. The summed E-state index contributed by atoms with van der Waals surface area (Å²) in [6.45, 7) is 28.8. The van der Waals surface area contributed by atoms with E-state index in [4.69, 9.17) is 14.2 Å². The molecule has 2 aliphatic rings. The van der Waals surface area contributed by atoms with E-state index in [0.717, 1.165) is 45.2 Å². The smallest absolute Gasteiger partial charge is 0.410 e. The molecule has 2 fully saturated rings. The third kappa shape index (κ3) is 54.0. The standard InChI is InChI=1S/C11H20N2O3.C11H22O2.C9H20.C6H12O.C6H14.C4H10.C3H6O/c1-12-5-4-10(7-12)16-11(14)13-6-3-9(13)8-15-2;1-3-5-6-7-8-9-10-13-11(12)4-2;1-3-5-7-9-8-6-4-2;1-4-6(7)5(2)3;1-3-5-6-4-2;1-3-4-2;1-2-3-4/h9-10H,3-8H2,1-2H3;3-10H2,1-2H3;3-9H2,1-2H3;5H,4H2,1-3H3;3-6H2,1-2H3;3-4H2,1-2H3;3H,2H2,1H3. The molecule has 2 rings (SSSR count). The van der Waals surface area contributed by atoms with E-state index < -0.39 is 0 Å². The lowest BCUT2D eigenvalue weighted by atomic mass is 10.1. The Balaban J connectivity index is -0.000000204. The van der Waals surface area contributed by atoms with Crippen molar-refractivity contribution in [3.05, 3.63) is 0 Å². The summed E-state index contributed by atoms with van der Waals surface area (Å²) in [6.07, 6.45) is 30.1. The zero-order chi connectivity index (χ0) is 46.0. The Morgan fingerprint density at radius 2 is 1.07 bits per heavy atom. The van der Waals surface area contributed by atoms with Crippen LogP contribution in [0.3, 0.4) is 0 Å². The third-order valence-corrected chi connectivity index (χ3v) is 9.73. The number of likely N-dealkylation sites (N-methyl/N-ethyl adjacent to an activating group) is 1. The molecule has 9 nitrogen and oxygen atoms in total. The van der Waals surface area contributed by atoms with Crippen LogP contribution in [0, 0.1) is 5.92 Å². The van der Waals surface area contributed by atoms with Crippen LogP contribution in [0.4, 0.5) is 4.79 Å². The lowest BCUT2D eigenvalue weighted by Gasteiger charge is -2.39. The monoisotopic (exact) mass is 845 g/mol. The van der Waals surface area contributed by atoms with Crippen molar-refractivity contribution in [2.24, 2.45) is 5.92 Å². The first-order chi connectivity index (χ1) is 28.3. The number of methoxy groups -OCH3 is 1. The number of esters is 1. The van der Waals surface area contributed by atoms with Crippen LogP contribution in [-0.2, 0) is 28.6 Å². The van der Waals surface area contributed by atoms with Gasteiger partial charge in [-0.05, 0) is 26.3 Å². The van der Waals surface area contributed by atoms with Crippen molar-refractivity contribution < 1.29 is 33.4 Å². The van der Waals surface area contributed by atoms with Crippen LogP contribution < -0.4 is 0 Å². The number of aldehydes is 1. The van der Waals surface area contributed by atoms with E-state index in [9.17, 15) is 19.2 Å². The molecule has 2 atom stereocenters. The van der Waals surface area contributed by atoms with Gasteiger partial charge in [0.2, 0.25) is 0 Å². The number of ether oxygens (including phenoxy) is 3. The number of hydrogen-bond donors (Lipinski definition) is 0. The summed E-state index contributed by atoms with van der Waals surface area (Å²) < 4.78 is 15.5. The van der Waals surface area contributed by atoms with Crippen molar-refractivity contribution in [1.82, 2.24) is 9.80 Å². The molecule has 0 radical (unpaired) electrons. The highest BCUT2D eigenvalue weighted by Gasteiger charge is 2.35. The molecule has 2 heterocycles. The SMILES string of the molecule is CCC(=O)C(C)C.CCC=O.CCCC.CCCCCC.CCCCCCCCC.CCCCCCCCOC(=O)CC.COCC1CCN1C(=O)OC1CCN(C)C1. The van der Waals surface area contributed by atoms with Crippen LogP contribution in [0.25, 0.3) is 0 Å². The molecule has 0 aliphatic carbocycles. The number of rotatable bonds is 24. The molecular formula is C50H104N2O7. The lowest BCUT2D eigenvalue weighted by molar-refractivity contribution is -0.143. The van der Waals surface area contributed by atoms with Crippen LogP contribution in [-0.4, -0.2) is 93.1 Å². The van der Waals surface area contributed by atoms with Crippen molar-refractivity contribution in [3.8, 4) is 0 Å². The Morgan fingerprint density at radius 3 is 1.36 bits per heavy atom. The molecule has 0 aromatic heterocycles. The summed E-state index contributed by atoms with van der Waals surface area (Å²) in [6, 6.07) is 0.219. The molecule has 0 N–H and O–H groups in total. The molecule has 0 aromatic carbocycles. The number of hydrogen-bond acceptors (Lipinski definition) is 8. The maximum Gasteiger partial charge on any atom is 0.410 e. The number of amides is 1. The Morgan fingerprint density at radius 1 is 0.627 bits per heavy atom. The molecule has 0 saturated carbocycles. The molecule has 2 aliphatic heterocycles. The maximum absolute atomic E-state index is 11.8. The molecule has 0 bridgehead atoms. The van der Waals surface area contributed by atoms with E-state index in [1.54, 1.807) is 12.0 Å². The van der Waals surface area contributed by atoms with E-state index in [1.165, 1.54) is 116 Å². The Kier molecular flexibility index (Phi) is 62.7. The number of carbonyl (C=O) groups excluding carboxylic acids is 4. The van der Waals surface area contributed by atoms with Gasteiger partial charge in [0.05, 0.1) is 19.3 Å². The summed E-state index contributed by atoms with van der Waals surface area (Å²) in [7, 11) is 3.71. The molecule has 59 heavy (non-hydrogen) atoms. The third-order valence-electron chi connectivity index (χ3n) is 9.73. The lowest BCUT2D eigenvalue weighted by Crippen LogP contribution is -2.54. The predicted molar refractivity (Wildman–Crippen MR) is 255 cm³/mol. The number of Topliss-reactive ketones (excluding diaryl/α,β-unsaturated/α-hetero) is 1. The minimum Gasteiger partial charge on any atom is -0.466 e. The van der Waals surface area contributed by atoms with Crippen molar-refractivity contribution in [2.75, 3.05) is 47.0 Å². The topological polar surface area (TPSA) is 102 Å². The Bertz CT molecular complexity index is 843. The Hall–Kier alpha value is -2.00. The Labute approximate surface area is 368 Å². The number of carbonyl (C=O) groups is 4. The van der Waals surface area contributed by atoms with Gasteiger partial charge < -0.3 is 28.8 Å². The normalized spacial score (nSPS) is 14.9. The van der Waals surface area contributed by atoms with Gasteiger partial charge in [-0.3, -0.25) is 9.59 Å². The molecule has 2 saturated heterocycles. The summed E-state index contributed by atoms with van der Waals surface area (Å²) >= 11 is 0. The highest BCUT2D eigenvalue weighted by Crippen LogP contribution is 2.21. The fourth-order valence-electron chi connectivity index (χ4n) is 5.36. The first-order valence-electron chi connectivity index (χ1n) is 24.6. The molecule has 0 spiro atoms. The van der Waals surface area contributed by atoms with Crippen LogP contribution in [0.1, 0.15) is 237 Å². The second-order valence-electron chi connectivity index (χ2n) is 16.0. The van der Waals surface area contributed by atoms with Gasteiger partial charge in [-0.1, -0.05) is 199 Å². The molecular weight excluding hydrogens is 741 g/mol. The van der Waals surface area contributed by atoms with Gasteiger partial charge in [0, 0.05) is 51.9 Å². The fraction of sp³-hybridized carbons (Fsp3) is 0.920. The second kappa shape index (κ2) is 56.0. The van der Waals surface area contributed by atoms with Crippen molar-refractivity contribution >= 4 is 24.1 Å². The predicted octanol–water partition coefficient (Wildman–Crippen LogP) is 14.2. The summed E-state index contributed by atoms with van der Waals surface area (Å²) in [5.41, 5.74) is 0. The maximum atomic E-state index is 11.8. The van der Waals surface area contributed by atoms with Crippen molar-refractivity contribution in [2.45, 2.75) is 249 Å². The molecule has 356 valence electrons. The number of nitrogens with zero attached hydrogens (tertiary/aromatic N) is 2. The minimum atomic E-state index is -0.173. The first kappa shape index (κ1) is 66.1. The average Bonchev–Trinajstić information content (AvgIpc) is 3.65. The second-order valence-corrected chi connectivity index (χ2v) is 16.0. The summed E-state index contributed by atoms with van der Waals surface area (Å²) in [5.74, 6) is 0.499. The van der Waals surface area contributed by atoms with E-state index in [2.05, 4.69) is 53.4 Å². The highest BCUT2D eigenvalue weighted by atomic mass is 16.6. The zero-order valence-electron chi connectivity index (χ0n) is 42.1. The van der Waals surface area contributed by atoms with Crippen LogP contribution in [0.5, 0.6) is 0 Å². The van der Waals surface area contributed by atoms with Crippen molar-refractivity contribution in [1.29, 1.82) is 0 Å². The van der Waals surface area contributed by atoms with E-state index in [-0.39, 0.29) is 30.1 Å².